The summed E-state index contributed by atoms with van der Waals surface area (Å²) >= 11 is 0. The van der Waals surface area contributed by atoms with Crippen LogP contribution in [0.3, 0.4) is 0 Å². The van der Waals surface area contributed by atoms with Crippen molar-refractivity contribution in [2.24, 2.45) is 5.92 Å². The van der Waals surface area contributed by atoms with E-state index in [0.29, 0.717) is 0 Å². The first-order valence-corrected chi connectivity index (χ1v) is 10.4. The van der Waals surface area contributed by atoms with E-state index in [1.165, 1.54) is 6.92 Å². The van der Waals surface area contributed by atoms with Crippen LogP contribution in [0.25, 0.3) is 0 Å². The number of hydrogen-bond donors (Lipinski definition) is 4. The molecule has 0 aliphatic carbocycles. The van der Waals surface area contributed by atoms with E-state index < -0.39 is 67.3 Å². The fraction of sp³-hybridized carbons (Fsp3) is 0.500. The minimum absolute atomic E-state index is 0.0144. The number of halogens is 1. The van der Waals surface area contributed by atoms with Gasteiger partial charge in [0.05, 0.1) is 6.42 Å². The number of carboxylic acids is 1. The van der Waals surface area contributed by atoms with Gasteiger partial charge in [-0.3, -0.25) is 19.2 Å². The summed E-state index contributed by atoms with van der Waals surface area (Å²) in [7, 11) is 0. The van der Waals surface area contributed by atoms with E-state index in [0.717, 1.165) is 5.56 Å². The maximum atomic E-state index is 12.6. The molecule has 0 aromatic heterocycles. The van der Waals surface area contributed by atoms with Crippen molar-refractivity contribution < 1.29 is 38.2 Å². The Bertz CT molecular complexity index is 833. The second kappa shape index (κ2) is 13.8. The van der Waals surface area contributed by atoms with Crippen LogP contribution in [0.15, 0.2) is 30.3 Å². The van der Waals surface area contributed by atoms with Crippen molar-refractivity contribution in [1.29, 1.82) is 0 Å². The van der Waals surface area contributed by atoms with Gasteiger partial charge in [0.2, 0.25) is 11.8 Å². The molecule has 0 radical (unpaired) electrons. The molecular weight excluding hydrogens is 437 g/mol. The summed E-state index contributed by atoms with van der Waals surface area (Å²) in [5.41, 5.74) is 0.769. The molecular formula is C22H30FN3O7. The van der Waals surface area contributed by atoms with E-state index in [2.05, 4.69) is 16.0 Å². The van der Waals surface area contributed by atoms with Crippen LogP contribution < -0.4 is 16.0 Å². The first-order valence-electron chi connectivity index (χ1n) is 10.4. The average Bonchev–Trinajstić information content (AvgIpc) is 2.75. The van der Waals surface area contributed by atoms with Gasteiger partial charge in [0.25, 0.3) is 0 Å². The smallest absolute Gasteiger partial charge is 0.408 e. The number of ether oxygens (including phenoxy) is 1. The molecule has 11 heteroatoms. The lowest BCUT2D eigenvalue weighted by Gasteiger charge is -2.24. The first-order chi connectivity index (χ1) is 15.5. The number of amides is 3. The van der Waals surface area contributed by atoms with E-state index in [1.54, 1.807) is 38.1 Å². The number of carbonyl (C=O) groups is 5. The van der Waals surface area contributed by atoms with Gasteiger partial charge >= 0.3 is 12.1 Å². The predicted molar refractivity (Wildman–Crippen MR) is 116 cm³/mol. The molecule has 0 unspecified atom stereocenters. The van der Waals surface area contributed by atoms with Crippen molar-refractivity contribution in [2.45, 2.75) is 58.3 Å². The van der Waals surface area contributed by atoms with Crippen molar-refractivity contribution in [2.75, 3.05) is 6.67 Å². The van der Waals surface area contributed by atoms with Crippen LogP contribution in [-0.4, -0.2) is 59.6 Å². The second-order valence-corrected chi connectivity index (χ2v) is 7.84. The standard InChI is InChI=1S/C22H30FN3O7/c1-13(2)19(26-22(32)33-12-15-7-5-4-6-8-15)21(31)24-14(3)20(30)25-16(10-18(28)29)9-17(27)11-23/h4-8,13-14,16,19H,9-12H2,1-3H3,(H,24,31)(H,25,30)(H,26,32)(H,28,29)/t14-,16+,19-/m0/s1. The molecule has 0 heterocycles. The van der Waals surface area contributed by atoms with Gasteiger partial charge in [-0.05, 0) is 18.4 Å². The largest absolute Gasteiger partial charge is 0.481 e. The van der Waals surface area contributed by atoms with E-state index in [9.17, 15) is 28.4 Å². The predicted octanol–water partition coefficient (Wildman–Crippen LogP) is 1.33. The van der Waals surface area contributed by atoms with Gasteiger partial charge in [0.1, 0.15) is 25.4 Å². The molecule has 0 spiro atoms. The van der Waals surface area contributed by atoms with Gasteiger partial charge in [-0.2, -0.15) is 0 Å². The van der Waals surface area contributed by atoms with E-state index in [-0.39, 0.29) is 12.5 Å². The quantitative estimate of drug-likeness (QED) is 0.342. The molecule has 182 valence electrons. The molecule has 0 saturated heterocycles. The lowest BCUT2D eigenvalue weighted by molar-refractivity contribution is -0.138. The van der Waals surface area contributed by atoms with Gasteiger partial charge < -0.3 is 25.8 Å². The number of aliphatic carboxylic acids is 1. The lowest BCUT2D eigenvalue weighted by atomic mass is 10.0. The molecule has 0 fully saturated rings. The molecule has 1 aromatic rings. The third kappa shape index (κ3) is 10.6. The summed E-state index contributed by atoms with van der Waals surface area (Å²) in [6.45, 7) is 3.48. The molecule has 1 aromatic carbocycles. The maximum absolute atomic E-state index is 12.6. The summed E-state index contributed by atoms with van der Waals surface area (Å²) in [4.78, 5) is 59.4. The van der Waals surface area contributed by atoms with Crippen molar-refractivity contribution in [3.63, 3.8) is 0 Å². The molecule has 33 heavy (non-hydrogen) atoms. The highest BCUT2D eigenvalue weighted by molar-refractivity contribution is 5.91. The fourth-order valence-electron chi connectivity index (χ4n) is 2.84. The molecule has 0 saturated carbocycles. The maximum Gasteiger partial charge on any atom is 0.408 e. The van der Waals surface area contributed by atoms with Gasteiger partial charge in [0, 0.05) is 12.5 Å². The summed E-state index contributed by atoms with van der Waals surface area (Å²) in [6.07, 6.45) is -1.88. The van der Waals surface area contributed by atoms with Gasteiger partial charge in [-0.25, -0.2) is 9.18 Å². The molecule has 0 aliphatic heterocycles. The van der Waals surface area contributed by atoms with Crippen LogP contribution in [0.4, 0.5) is 9.18 Å². The first kappa shape index (κ1) is 27.5. The Morgan fingerprint density at radius 1 is 0.939 bits per heavy atom. The van der Waals surface area contributed by atoms with Crippen molar-refractivity contribution in [1.82, 2.24) is 16.0 Å². The Morgan fingerprint density at radius 3 is 2.12 bits per heavy atom. The number of carboxylic acid groups (broad SMARTS) is 1. The van der Waals surface area contributed by atoms with Crippen LogP contribution in [0.1, 0.15) is 39.2 Å². The number of rotatable bonds is 13. The zero-order chi connectivity index (χ0) is 25.0. The van der Waals surface area contributed by atoms with Crippen LogP contribution in [0.5, 0.6) is 0 Å². The summed E-state index contributed by atoms with van der Waals surface area (Å²) in [5, 5.41) is 16.2. The molecule has 0 aliphatic rings. The van der Waals surface area contributed by atoms with E-state index >= 15 is 0 Å². The van der Waals surface area contributed by atoms with Crippen molar-refractivity contribution >= 4 is 29.7 Å². The van der Waals surface area contributed by atoms with Crippen molar-refractivity contribution in [3.8, 4) is 0 Å². The van der Waals surface area contributed by atoms with Gasteiger partial charge in [0.15, 0.2) is 5.78 Å². The number of alkyl carbamates (subject to hydrolysis) is 1. The highest BCUT2D eigenvalue weighted by Gasteiger charge is 2.29. The Balaban J connectivity index is 2.66. The highest BCUT2D eigenvalue weighted by Crippen LogP contribution is 2.06. The SMILES string of the molecule is CC(C)[C@H](NC(=O)OCc1ccccc1)C(=O)N[C@@H](C)C(=O)N[C@@H](CC(=O)O)CC(=O)CF. The number of nitrogens with one attached hydrogen (secondary N) is 3. The molecule has 4 N–H and O–H groups in total. The van der Waals surface area contributed by atoms with Crippen LogP contribution >= 0.6 is 0 Å². The fourth-order valence-corrected chi connectivity index (χ4v) is 2.84. The van der Waals surface area contributed by atoms with Crippen LogP contribution in [0.2, 0.25) is 0 Å². The Kier molecular flexibility index (Phi) is 11.5. The lowest BCUT2D eigenvalue weighted by Crippen LogP contribution is -2.55. The van der Waals surface area contributed by atoms with E-state index in [4.69, 9.17) is 9.84 Å². The molecule has 1 rings (SSSR count). The molecule has 3 atom stereocenters. The number of carbonyl (C=O) groups excluding carboxylic acids is 4. The number of alkyl halides is 1. The minimum atomic E-state index is -1.28. The summed E-state index contributed by atoms with van der Waals surface area (Å²) < 4.78 is 17.6. The zero-order valence-electron chi connectivity index (χ0n) is 18.8. The number of hydrogen-bond acceptors (Lipinski definition) is 6. The Morgan fingerprint density at radius 2 is 1.58 bits per heavy atom. The van der Waals surface area contributed by atoms with Crippen molar-refractivity contribution in [3.05, 3.63) is 35.9 Å². The summed E-state index contributed by atoms with van der Waals surface area (Å²) in [5.74, 6) is -3.88. The van der Waals surface area contributed by atoms with Gasteiger partial charge in [-0.15, -0.1) is 0 Å². The monoisotopic (exact) mass is 467 g/mol. The third-order valence-electron chi connectivity index (χ3n) is 4.58. The molecule has 3 amide bonds. The van der Waals surface area contributed by atoms with Crippen LogP contribution in [0, 0.1) is 5.92 Å². The van der Waals surface area contributed by atoms with Gasteiger partial charge in [-0.1, -0.05) is 44.2 Å². The third-order valence-corrected chi connectivity index (χ3v) is 4.58. The molecule has 0 bridgehead atoms. The average molecular weight is 467 g/mol. The highest BCUT2D eigenvalue weighted by atomic mass is 19.1. The number of benzene rings is 1. The molecule has 10 nitrogen and oxygen atoms in total. The topological polar surface area (TPSA) is 151 Å². The zero-order valence-corrected chi connectivity index (χ0v) is 18.8. The normalized spacial score (nSPS) is 13.4. The number of ketones is 1. The Hall–Kier alpha value is -3.50. The summed E-state index contributed by atoms with van der Waals surface area (Å²) in [6, 6.07) is 5.72. The minimum Gasteiger partial charge on any atom is -0.481 e. The Labute approximate surface area is 191 Å². The van der Waals surface area contributed by atoms with E-state index in [1.807, 2.05) is 6.07 Å². The van der Waals surface area contributed by atoms with Crippen LogP contribution in [-0.2, 0) is 30.5 Å². The number of Topliss-reactive ketones (excluding diaryl/α,β-unsaturated/α-hetero) is 1. The second-order valence-electron chi connectivity index (χ2n) is 7.84.